The second-order valence-electron chi connectivity index (χ2n) is 4.96. The van der Waals surface area contributed by atoms with Gasteiger partial charge in [-0.15, -0.1) is 0 Å². The number of rotatable bonds is 5. The van der Waals surface area contributed by atoms with Gasteiger partial charge < -0.3 is 10.1 Å². The number of methoxy groups -OCH3 is 1. The molecule has 1 N–H and O–H groups in total. The Balaban J connectivity index is 1.76. The molecular formula is C17H14N4O3. The molecule has 0 amide bonds. The summed E-state index contributed by atoms with van der Waals surface area (Å²) in [5.74, 6) is 1.15. The smallest absolute Gasteiger partial charge is 0.271 e. The van der Waals surface area contributed by atoms with Crippen LogP contribution in [0.2, 0.25) is 0 Å². The maximum atomic E-state index is 10.8. The molecule has 120 valence electrons. The number of nitrogens with zero attached hydrogens (tertiary/aromatic N) is 3. The summed E-state index contributed by atoms with van der Waals surface area (Å²) in [6.45, 7) is 0. The number of hydrogen-bond donors (Lipinski definition) is 1. The van der Waals surface area contributed by atoms with Crippen molar-refractivity contribution in [1.29, 1.82) is 0 Å². The molecule has 0 fully saturated rings. The zero-order chi connectivity index (χ0) is 16.9. The van der Waals surface area contributed by atoms with Crippen molar-refractivity contribution in [1.82, 2.24) is 9.97 Å². The number of aromatic nitrogens is 2. The highest BCUT2D eigenvalue weighted by Crippen LogP contribution is 2.23. The van der Waals surface area contributed by atoms with E-state index in [4.69, 9.17) is 4.74 Å². The normalized spacial score (nSPS) is 10.2. The molecule has 24 heavy (non-hydrogen) atoms. The van der Waals surface area contributed by atoms with Crippen molar-refractivity contribution in [3.05, 3.63) is 71.0 Å². The number of anilines is 2. The summed E-state index contributed by atoms with van der Waals surface area (Å²) in [7, 11) is 1.62. The summed E-state index contributed by atoms with van der Waals surface area (Å²) in [6, 6.07) is 13.8. The minimum Gasteiger partial charge on any atom is -0.497 e. The van der Waals surface area contributed by atoms with Crippen molar-refractivity contribution < 1.29 is 9.66 Å². The van der Waals surface area contributed by atoms with Gasteiger partial charge in [-0.25, -0.2) is 9.97 Å². The maximum absolute atomic E-state index is 10.8. The van der Waals surface area contributed by atoms with E-state index in [0.29, 0.717) is 11.6 Å². The summed E-state index contributed by atoms with van der Waals surface area (Å²) >= 11 is 0. The van der Waals surface area contributed by atoms with Gasteiger partial charge >= 0.3 is 0 Å². The quantitative estimate of drug-likeness (QED) is 0.567. The molecule has 3 aromatic rings. The van der Waals surface area contributed by atoms with Crippen molar-refractivity contribution in [3.8, 4) is 16.9 Å². The highest BCUT2D eigenvalue weighted by molar-refractivity contribution is 5.64. The fraction of sp³-hybridized carbons (Fsp3) is 0.0588. The third-order valence-corrected chi connectivity index (χ3v) is 3.39. The lowest BCUT2D eigenvalue weighted by Gasteiger charge is -2.06. The van der Waals surface area contributed by atoms with E-state index in [0.717, 1.165) is 16.9 Å². The first kappa shape index (κ1) is 15.4. The molecule has 3 rings (SSSR count). The molecule has 7 heteroatoms. The van der Waals surface area contributed by atoms with Crippen LogP contribution in [0.15, 0.2) is 60.9 Å². The van der Waals surface area contributed by atoms with Gasteiger partial charge in [-0.1, -0.05) is 18.2 Å². The van der Waals surface area contributed by atoms with Crippen molar-refractivity contribution in [2.45, 2.75) is 0 Å². The Hall–Kier alpha value is -3.48. The van der Waals surface area contributed by atoms with Crippen LogP contribution in [0.3, 0.4) is 0 Å². The molecule has 1 aromatic heterocycles. The molecule has 0 radical (unpaired) electrons. The molecule has 0 atom stereocenters. The third kappa shape index (κ3) is 3.46. The monoisotopic (exact) mass is 322 g/mol. The van der Waals surface area contributed by atoms with E-state index in [1.54, 1.807) is 31.6 Å². The molecule has 0 saturated carbocycles. The number of nitro benzene ring substituents is 1. The maximum Gasteiger partial charge on any atom is 0.271 e. The van der Waals surface area contributed by atoms with Crippen molar-refractivity contribution in [2.24, 2.45) is 0 Å². The Kier molecular flexibility index (Phi) is 4.33. The zero-order valence-electron chi connectivity index (χ0n) is 12.8. The summed E-state index contributed by atoms with van der Waals surface area (Å²) in [6.07, 6.45) is 3.38. The van der Waals surface area contributed by atoms with E-state index in [9.17, 15) is 10.1 Å². The fourth-order valence-electron chi connectivity index (χ4n) is 2.15. The number of hydrogen-bond acceptors (Lipinski definition) is 6. The van der Waals surface area contributed by atoms with E-state index >= 15 is 0 Å². The van der Waals surface area contributed by atoms with E-state index in [2.05, 4.69) is 15.3 Å². The van der Waals surface area contributed by atoms with E-state index < -0.39 is 4.92 Å². The Morgan fingerprint density at radius 2 is 1.75 bits per heavy atom. The first-order chi connectivity index (χ1) is 11.7. The summed E-state index contributed by atoms with van der Waals surface area (Å²) in [5.41, 5.74) is 2.40. The van der Waals surface area contributed by atoms with Crippen molar-refractivity contribution in [3.63, 3.8) is 0 Å². The first-order valence-corrected chi connectivity index (χ1v) is 7.13. The van der Waals surface area contributed by atoms with Gasteiger partial charge in [-0.05, 0) is 23.8 Å². The largest absolute Gasteiger partial charge is 0.497 e. The molecule has 1 heterocycles. The van der Waals surface area contributed by atoms with Crippen LogP contribution in [-0.4, -0.2) is 22.0 Å². The van der Waals surface area contributed by atoms with Crippen LogP contribution in [0.1, 0.15) is 0 Å². The molecule has 2 aromatic carbocycles. The summed E-state index contributed by atoms with van der Waals surface area (Å²) in [5, 5.41) is 13.7. The molecule has 0 saturated heterocycles. The number of nitrogens with one attached hydrogen (secondary N) is 1. The molecule has 0 aliphatic heterocycles. The average Bonchev–Trinajstić information content (AvgIpc) is 2.63. The molecular weight excluding hydrogens is 308 g/mol. The van der Waals surface area contributed by atoms with Crippen molar-refractivity contribution >= 4 is 17.3 Å². The second-order valence-corrected chi connectivity index (χ2v) is 4.96. The van der Waals surface area contributed by atoms with Gasteiger partial charge in [-0.2, -0.15) is 0 Å². The number of benzene rings is 2. The minimum atomic E-state index is -0.446. The topological polar surface area (TPSA) is 90.2 Å². The average molecular weight is 322 g/mol. The number of nitro groups is 1. The van der Waals surface area contributed by atoms with Crippen LogP contribution >= 0.6 is 0 Å². The number of ether oxygens (including phenoxy) is 1. The van der Waals surface area contributed by atoms with Crippen LogP contribution in [0.5, 0.6) is 5.75 Å². The van der Waals surface area contributed by atoms with Gasteiger partial charge in [-0.3, -0.25) is 10.1 Å². The molecule has 0 aliphatic carbocycles. The lowest BCUT2D eigenvalue weighted by molar-refractivity contribution is -0.384. The SMILES string of the molecule is COc1ccc(-c2cnc(Nc3cccc([N+](=O)[O-])c3)nc2)cc1. The van der Waals surface area contributed by atoms with Crippen LogP contribution in [-0.2, 0) is 0 Å². The number of non-ortho nitro benzene ring substituents is 1. The third-order valence-electron chi connectivity index (χ3n) is 3.39. The van der Waals surface area contributed by atoms with E-state index in [-0.39, 0.29) is 5.69 Å². The Labute approximate surface area is 138 Å². The van der Waals surface area contributed by atoms with Gasteiger partial charge in [0.25, 0.3) is 5.69 Å². The van der Waals surface area contributed by atoms with Gasteiger partial charge in [0.15, 0.2) is 0 Å². The minimum absolute atomic E-state index is 0.00912. The molecule has 7 nitrogen and oxygen atoms in total. The highest BCUT2D eigenvalue weighted by atomic mass is 16.6. The molecule has 0 spiro atoms. The standard InChI is InChI=1S/C17H14N4O3/c1-24-16-7-5-12(6-8-16)13-10-18-17(19-11-13)20-14-3-2-4-15(9-14)21(22)23/h2-11H,1H3,(H,18,19,20). The predicted octanol–water partition coefficient (Wildman–Crippen LogP) is 3.80. The van der Waals surface area contributed by atoms with E-state index in [1.165, 1.54) is 12.1 Å². The Bertz CT molecular complexity index is 848. The van der Waals surface area contributed by atoms with Gasteiger partial charge in [0.1, 0.15) is 5.75 Å². The van der Waals surface area contributed by atoms with Gasteiger partial charge in [0.05, 0.1) is 12.0 Å². The molecule has 0 bridgehead atoms. The lowest BCUT2D eigenvalue weighted by atomic mass is 10.1. The summed E-state index contributed by atoms with van der Waals surface area (Å²) in [4.78, 5) is 18.8. The van der Waals surface area contributed by atoms with Crippen LogP contribution in [0.25, 0.3) is 11.1 Å². The van der Waals surface area contributed by atoms with E-state index in [1.807, 2.05) is 24.3 Å². The fourth-order valence-corrected chi connectivity index (χ4v) is 2.15. The second kappa shape index (κ2) is 6.74. The predicted molar refractivity (Wildman–Crippen MR) is 90.4 cm³/mol. The first-order valence-electron chi connectivity index (χ1n) is 7.13. The Morgan fingerprint density at radius 1 is 1.04 bits per heavy atom. The lowest BCUT2D eigenvalue weighted by Crippen LogP contribution is -1.97. The van der Waals surface area contributed by atoms with Crippen LogP contribution < -0.4 is 10.1 Å². The Morgan fingerprint density at radius 3 is 2.38 bits per heavy atom. The van der Waals surface area contributed by atoms with Crippen LogP contribution in [0, 0.1) is 10.1 Å². The molecule has 0 aliphatic rings. The van der Waals surface area contributed by atoms with Crippen LogP contribution in [0.4, 0.5) is 17.3 Å². The summed E-state index contributed by atoms with van der Waals surface area (Å²) < 4.78 is 5.13. The van der Waals surface area contributed by atoms with Crippen molar-refractivity contribution in [2.75, 3.05) is 12.4 Å². The molecule has 0 unspecified atom stereocenters. The zero-order valence-corrected chi connectivity index (χ0v) is 12.8. The van der Waals surface area contributed by atoms with Gasteiger partial charge in [0, 0.05) is 35.8 Å². The highest BCUT2D eigenvalue weighted by Gasteiger charge is 2.07. The van der Waals surface area contributed by atoms with Gasteiger partial charge in [0.2, 0.25) is 5.95 Å².